The molecule has 3 atom stereocenters. The number of morpholine rings is 1. The Morgan fingerprint density at radius 1 is 1.26 bits per heavy atom. The highest BCUT2D eigenvalue weighted by molar-refractivity contribution is 7.09. The van der Waals surface area contributed by atoms with E-state index in [0.29, 0.717) is 12.6 Å². The van der Waals surface area contributed by atoms with Crippen molar-refractivity contribution in [2.45, 2.75) is 44.2 Å². The molecule has 0 radical (unpaired) electrons. The van der Waals surface area contributed by atoms with Crippen molar-refractivity contribution in [3.63, 3.8) is 0 Å². The van der Waals surface area contributed by atoms with Crippen molar-refractivity contribution >= 4 is 11.3 Å². The third-order valence-electron chi connectivity index (χ3n) is 4.76. The van der Waals surface area contributed by atoms with Crippen molar-refractivity contribution in [3.05, 3.63) is 52.5 Å². The smallest absolute Gasteiger partial charge is 0.0992 e. The summed E-state index contributed by atoms with van der Waals surface area (Å²) < 4.78 is 12.2. The standard InChI is InChI=1S/C18H22N2O2S/c1-2-8-19-14(4-1)13-22-17-7-6-16-18(17)21-10-9-20(16)12-15-5-3-11-23-15/h1-5,8,11,16-18H,6-7,9-10,12-13H2/t16-,17+,18+/m0/s1. The Kier molecular flexibility index (Phi) is 4.71. The number of nitrogens with zero attached hydrogens (tertiary/aromatic N) is 2. The van der Waals surface area contributed by atoms with Crippen LogP contribution >= 0.6 is 11.3 Å². The molecule has 1 saturated carbocycles. The maximum atomic E-state index is 6.13. The van der Waals surface area contributed by atoms with Crippen molar-refractivity contribution in [3.8, 4) is 0 Å². The van der Waals surface area contributed by atoms with Crippen molar-refractivity contribution in [1.29, 1.82) is 0 Å². The second-order valence-electron chi connectivity index (χ2n) is 6.20. The van der Waals surface area contributed by atoms with Crippen molar-refractivity contribution in [2.75, 3.05) is 13.2 Å². The first kappa shape index (κ1) is 15.3. The van der Waals surface area contributed by atoms with Gasteiger partial charge in [0.25, 0.3) is 0 Å². The van der Waals surface area contributed by atoms with Crippen LogP contribution in [0.3, 0.4) is 0 Å². The Labute approximate surface area is 141 Å². The molecule has 2 aromatic rings. The van der Waals surface area contributed by atoms with Crippen LogP contribution < -0.4 is 0 Å². The third kappa shape index (κ3) is 3.48. The molecule has 1 saturated heterocycles. The fourth-order valence-electron chi connectivity index (χ4n) is 3.65. The minimum Gasteiger partial charge on any atom is -0.373 e. The predicted octanol–water partition coefficient (Wildman–Crippen LogP) is 3.09. The zero-order chi connectivity index (χ0) is 15.5. The summed E-state index contributed by atoms with van der Waals surface area (Å²) in [6.45, 7) is 3.43. The normalized spacial score (nSPS) is 27.9. The number of rotatable bonds is 5. The number of thiophene rings is 1. The van der Waals surface area contributed by atoms with Gasteiger partial charge in [-0.2, -0.15) is 0 Å². The molecule has 0 spiro atoms. The van der Waals surface area contributed by atoms with Gasteiger partial charge in [0.05, 0.1) is 31.1 Å². The van der Waals surface area contributed by atoms with E-state index in [2.05, 4.69) is 27.4 Å². The SMILES string of the molecule is c1ccc(CO[C@@H]2CC[C@H]3[C@H]2OCCN3Cc2cccs2)nc1. The molecular weight excluding hydrogens is 308 g/mol. The summed E-state index contributed by atoms with van der Waals surface area (Å²) in [6, 6.07) is 10.8. The average molecular weight is 330 g/mol. The Bertz CT molecular complexity index is 605. The van der Waals surface area contributed by atoms with Gasteiger partial charge in [-0.1, -0.05) is 12.1 Å². The van der Waals surface area contributed by atoms with E-state index in [1.165, 1.54) is 4.88 Å². The summed E-state index contributed by atoms with van der Waals surface area (Å²) in [4.78, 5) is 8.34. The monoisotopic (exact) mass is 330 g/mol. The summed E-state index contributed by atoms with van der Waals surface area (Å²) in [6.07, 6.45) is 4.43. The number of hydrogen-bond donors (Lipinski definition) is 0. The minimum absolute atomic E-state index is 0.188. The van der Waals surface area contributed by atoms with Gasteiger partial charge in [0.1, 0.15) is 0 Å². The van der Waals surface area contributed by atoms with Crippen molar-refractivity contribution < 1.29 is 9.47 Å². The fraction of sp³-hybridized carbons (Fsp3) is 0.500. The Morgan fingerprint density at radius 2 is 2.26 bits per heavy atom. The lowest BCUT2D eigenvalue weighted by molar-refractivity contribution is -0.118. The van der Waals surface area contributed by atoms with Crippen LogP contribution in [0.5, 0.6) is 0 Å². The lowest BCUT2D eigenvalue weighted by atomic mass is 10.1. The molecule has 3 heterocycles. The number of fused-ring (bicyclic) bond motifs is 1. The topological polar surface area (TPSA) is 34.6 Å². The third-order valence-corrected chi connectivity index (χ3v) is 5.62. The molecule has 4 rings (SSSR count). The van der Waals surface area contributed by atoms with Gasteiger partial charge in [0.2, 0.25) is 0 Å². The number of ether oxygens (including phenoxy) is 2. The van der Waals surface area contributed by atoms with E-state index in [1.54, 1.807) is 0 Å². The summed E-state index contributed by atoms with van der Waals surface area (Å²) >= 11 is 1.84. The quantitative estimate of drug-likeness (QED) is 0.844. The number of pyridine rings is 1. The van der Waals surface area contributed by atoms with Gasteiger partial charge in [-0.25, -0.2) is 0 Å². The average Bonchev–Trinajstić information content (AvgIpc) is 3.24. The van der Waals surface area contributed by atoms with Gasteiger partial charge in [-0.3, -0.25) is 9.88 Å². The lowest BCUT2D eigenvalue weighted by Crippen LogP contribution is -2.51. The van der Waals surface area contributed by atoms with Crippen molar-refractivity contribution in [1.82, 2.24) is 9.88 Å². The predicted molar refractivity (Wildman–Crippen MR) is 90.3 cm³/mol. The molecule has 0 amide bonds. The highest BCUT2D eigenvalue weighted by atomic mass is 32.1. The maximum absolute atomic E-state index is 6.13. The van der Waals surface area contributed by atoms with E-state index in [1.807, 2.05) is 35.7 Å². The fourth-order valence-corrected chi connectivity index (χ4v) is 4.37. The van der Waals surface area contributed by atoms with Gasteiger partial charge < -0.3 is 9.47 Å². The second kappa shape index (κ2) is 7.09. The van der Waals surface area contributed by atoms with Crippen LogP contribution in [-0.4, -0.2) is 41.3 Å². The Balaban J connectivity index is 1.37. The van der Waals surface area contributed by atoms with Gasteiger partial charge in [0, 0.05) is 30.2 Å². The van der Waals surface area contributed by atoms with Gasteiger partial charge in [0.15, 0.2) is 0 Å². The Hall–Kier alpha value is -1.27. The molecule has 1 aliphatic carbocycles. The molecule has 122 valence electrons. The van der Waals surface area contributed by atoms with E-state index in [4.69, 9.17) is 9.47 Å². The van der Waals surface area contributed by atoms with Gasteiger partial charge in [-0.05, 0) is 36.4 Å². The van der Waals surface area contributed by atoms with Gasteiger partial charge in [-0.15, -0.1) is 11.3 Å². The zero-order valence-electron chi connectivity index (χ0n) is 13.1. The van der Waals surface area contributed by atoms with Crippen molar-refractivity contribution in [2.24, 2.45) is 0 Å². The van der Waals surface area contributed by atoms with Crippen LogP contribution in [0.1, 0.15) is 23.4 Å². The number of aromatic nitrogens is 1. The molecule has 4 nitrogen and oxygen atoms in total. The first-order chi connectivity index (χ1) is 11.4. The van der Waals surface area contributed by atoms with Crippen LogP contribution in [0, 0.1) is 0 Å². The molecule has 2 fully saturated rings. The molecule has 2 aromatic heterocycles. The lowest BCUT2D eigenvalue weighted by Gasteiger charge is -2.38. The zero-order valence-corrected chi connectivity index (χ0v) is 14.0. The molecule has 23 heavy (non-hydrogen) atoms. The van der Waals surface area contributed by atoms with Gasteiger partial charge >= 0.3 is 0 Å². The van der Waals surface area contributed by atoms with Crippen LogP contribution in [-0.2, 0) is 22.6 Å². The van der Waals surface area contributed by atoms with Crippen LogP contribution in [0.15, 0.2) is 41.9 Å². The van der Waals surface area contributed by atoms with E-state index in [-0.39, 0.29) is 12.2 Å². The van der Waals surface area contributed by atoms with Crippen LogP contribution in [0.4, 0.5) is 0 Å². The molecule has 1 aliphatic heterocycles. The van der Waals surface area contributed by atoms with Crippen LogP contribution in [0.2, 0.25) is 0 Å². The molecular formula is C18H22N2O2S. The second-order valence-corrected chi connectivity index (χ2v) is 7.23. The summed E-state index contributed by atoms with van der Waals surface area (Å²) in [5.74, 6) is 0. The summed E-state index contributed by atoms with van der Waals surface area (Å²) in [5.41, 5.74) is 0.988. The Morgan fingerprint density at radius 3 is 3.09 bits per heavy atom. The molecule has 0 bridgehead atoms. The summed E-state index contributed by atoms with van der Waals surface area (Å²) in [5, 5.41) is 2.15. The molecule has 0 unspecified atom stereocenters. The van der Waals surface area contributed by atoms with Crippen LogP contribution in [0.25, 0.3) is 0 Å². The summed E-state index contributed by atoms with van der Waals surface area (Å²) in [7, 11) is 0. The van der Waals surface area contributed by atoms with E-state index in [0.717, 1.165) is 38.2 Å². The molecule has 5 heteroatoms. The first-order valence-electron chi connectivity index (χ1n) is 8.30. The van der Waals surface area contributed by atoms with E-state index >= 15 is 0 Å². The molecule has 0 aromatic carbocycles. The maximum Gasteiger partial charge on any atom is 0.0992 e. The molecule has 2 aliphatic rings. The number of hydrogen-bond acceptors (Lipinski definition) is 5. The molecule has 0 N–H and O–H groups in total. The van der Waals surface area contributed by atoms with E-state index in [9.17, 15) is 0 Å². The highest BCUT2D eigenvalue weighted by Crippen LogP contribution is 2.33. The largest absolute Gasteiger partial charge is 0.373 e. The highest BCUT2D eigenvalue weighted by Gasteiger charge is 2.43. The first-order valence-corrected chi connectivity index (χ1v) is 9.17. The van der Waals surface area contributed by atoms with E-state index < -0.39 is 0 Å². The minimum atomic E-state index is 0.188.